The lowest BCUT2D eigenvalue weighted by molar-refractivity contribution is -0.139. The number of aliphatic carboxylic acids is 1. The number of rotatable bonds is 9. The van der Waals surface area contributed by atoms with Gasteiger partial charge in [-0.3, -0.25) is 4.79 Å². The highest BCUT2D eigenvalue weighted by molar-refractivity contribution is 5.80. The maximum atomic E-state index is 13.6. The number of amides is 2. The number of nitrogens with one attached hydrogen (secondary N) is 1. The van der Waals surface area contributed by atoms with Crippen LogP contribution in [0.1, 0.15) is 42.0 Å². The van der Waals surface area contributed by atoms with E-state index in [0.717, 1.165) is 17.7 Å². The predicted octanol–water partition coefficient (Wildman–Crippen LogP) is 6.30. The van der Waals surface area contributed by atoms with E-state index in [-0.39, 0.29) is 25.2 Å². The fourth-order valence-corrected chi connectivity index (χ4v) is 3.93. The first-order valence-corrected chi connectivity index (χ1v) is 11.7. The molecule has 1 unspecified atom stereocenters. The van der Waals surface area contributed by atoms with Gasteiger partial charge in [0.25, 0.3) is 0 Å². The fraction of sp³-hybridized carbons (Fsp3) is 0.286. The summed E-state index contributed by atoms with van der Waals surface area (Å²) in [7, 11) is 1.43. The molecule has 0 fully saturated rings. The number of benzene rings is 3. The van der Waals surface area contributed by atoms with Crippen LogP contribution < -0.4 is 10.1 Å². The highest BCUT2D eigenvalue weighted by Gasteiger charge is 2.32. The van der Waals surface area contributed by atoms with Gasteiger partial charge in [-0.1, -0.05) is 42.5 Å². The lowest BCUT2D eigenvalue weighted by Crippen LogP contribution is -2.39. The van der Waals surface area contributed by atoms with Gasteiger partial charge >= 0.3 is 18.2 Å². The molecule has 6 nitrogen and oxygen atoms in total. The van der Waals surface area contributed by atoms with Crippen molar-refractivity contribution in [1.29, 1.82) is 0 Å². The minimum atomic E-state index is -4.58. The summed E-state index contributed by atoms with van der Waals surface area (Å²) in [5, 5.41) is 12.2. The van der Waals surface area contributed by atoms with Gasteiger partial charge in [0, 0.05) is 25.2 Å². The smallest absolute Gasteiger partial charge is 0.416 e. The van der Waals surface area contributed by atoms with Gasteiger partial charge in [-0.15, -0.1) is 0 Å². The van der Waals surface area contributed by atoms with E-state index in [1.165, 1.54) is 25.0 Å². The van der Waals surface area contributed by atoms with Crippen LogP contribution >= 0.6 is 0 Å². The summed E-state index contributed by atoms with van der Waals surface area (Å²) >= 11 is 0. The van der Waals surface area contributed by atoms with Crippen molar-refractivity contribution >= 4 is 12.0 Å². The maximum Gasteiger partial charge on any atom is 0.416 e. The molecule has 0 saturated heterocycles. The Bertz CT molecular complexity index is 1250. The average molecular weight is 515 g/mol. The van der Waals surface area contributed by atoms with Crippen molar-refractivity contribution < 1.29 is 32.6 Å². The first kappa shape index (κ1) is 27.6. The van der Waals surface area contributed by atoms with E-state index in [2.05, 4.69) is 5.32 Å². The van der Waals surface area contributed by atoms with E-state index >= 15 is 0 Å². The summed E-state index contributed by atoms with van der Waals surface area (Å²) < 4.78 is 46.3. The van der Waals surface area contributed by atoms with Gasteiger partial charge in [-0.25, -0.2) is 4.79 Å². The zero-order valence-electron chi connectivity index (χ0n) is 20.8. The van der Waals surface area contributed by atoms with Crippen LogP contribution in [-0.2, 0) is 24.1 Å². The maximum absolute atomic E-state index is 13.6. The van der Waals surface area contributed by atoms with Crippen molar-refractivity contribution in [2.45, 2.75) is 39.0 Å². The van der Waals surface area contributed by atoms with Crippen LogP contribution in [0.15, 0.2) is 66.7 Å². The summed E-state index contributed by atoms with van der Waals surface area (Å²) in [6, 6.07) is 17.0. The predicted molar refractivity (Wildman–Crippen MR) is 134 cm³/mol. The molecule has 0 aliphatic carbocycles. The average Bonchev–Trinajstić information content (AvgIpc) is 2.89. The number of nitrogens with zero attached hydrogens (tertiary/aromatic N) is 1. The molecule has 2 N–H and O–H groups in total. The lowest BCUT2D eigenvalue weighted by Gasteiger charge is -2.24. The van der Waals surface area contributed by atoms with Crippen LogP contribution in [0.5, 0.6) is 5.75 Å². The number of alkyl halides is 3. The molecular formula is C28H29F3N2O4. The second kappa shape index (κ2) is 11.8. The zero-order chi connectivity index (χ0) is 27.2. The van der Waals surface area contributed by atoms with Crippen molar-refractivity contribution in [1.82, 2.24) is 10.2 Å². The minimum Gasteiger partial charge on any atom is -0.496 e. The second-order valence-corrected chi connectivity index (χ2v) is 8.55. The molecule has 0 spiro atoms. The number of carbonyl (C=O) groups is 2. The Kier molecular flexibility index (Phi) is 8.81. The molecule has 0 saturated carbocycles. The third-order valence-corrected chi connectivity index (χ3v) is 6.13. The van der Waals surface area contributed by atoms with Crippen LogP contribution in [0.2, 0.25) is 0 Å². The first-order chi connectivity index (χ1) is 17.5. The molecule has 2 amide bonds. The molecule has 37 heavy (non-hydrogen) atoms. The Labute approximate surface area is 213 Å². The Hall–Kier alpha value is -4.01. The number of ether oxygens (including phenoxy) is 1. The third-order valence-electron chi connectivity index (χ3n) is 6.13. The van der Waals surface area contributed by atoms with Gasteiger partial charge in [0.15, 0.2) is 0 Å². The number of hydrogen-bond donors (Lipinski definition) is 2. The second-order valence-electron chi connectivity index (χ2n) is 8.55. The Morgan fingerprint density at radius 1 is 1.03 bits per heavy atom. The molecule has 3 rings (SSSR count). The standard InChI is InChI=1S/C28H29F3N2O4/c1-4-33(27(36)32-16-19-8-6-5-7-9-19)17-21-14-22(28(29,30)31)11-12-23(21)24-15-20(18(2)26(34)35)10-13-25(24)37-3/h5-15,18H,4,16-17H2,1-3H3,(H,32,36)(H,34,35). The summed E-state index contributed by atoms with van der Waals surface area (Å²) in [4.78, 5) is 25.9. The number of urea groups is 1. The first-order valence-electron chi connectivity index (χ1n) is 11.7. The molecule has 3 aromatic rings. The van der Waals surface area contributed by atoms with Crippen LogP contribution in [0.4, 0.5) is 18.0 Å². The molecule has 196 valence electrons. The van der Waals surface area contributed by atoms with Crippen LogP contribution in [0, 0.1) is 0 Å². The van der Waals surface area contributed by atoms with E-state index in [1.54, 1.807) is 25.1 Å². The summed E-state index contributed by atoms with van der Waals surface area (Å²) in [5.74, 6) is -1.49. The van der Waals surface area contributed by atoms with Gasteiger partial charge in [0.05, 0.1) is 18.6 Å². The van der Waals surface area contributed by atoms with Crippen molar-refractivity contribution in [3.63, 3.8) is 0 Å². The number of carboxylic acid groups (broad SMARTS) is 1. The van der Waals surface area contributed by atoms with Gasteiger partial charge in [0.2, 0.25) is 0 Å². The van der Waals surface area contributed by atoms with E-state index in [0.29, 0.717) is 22.4 Å². The molecule has 0 aromatic heterocycles. The molecule has 0 aliphatic rings. The lowest BCUT2D eigenvalue weighted by atomic mass is 9.92. The van der Waals surface area contributed by atoms with Crippen LogP contribution in [0.25, 0.3) is 11.1 Å². The van der Waals surface area contributed by atoms with Gasteiger partial charge in [0.1, 0.15) is 5.75 Å². The van der Waals surface area contributed by atoms with Gasteiger partial charge < -0.3 is 20.1 Å². The van der Waals surface area contributed by atoms with Crippen molar-refractivity contribution in [2.24, 2.45) is 0 Å². The molecule has 0 aliphatic heterocycles. The van der Waals surface area contributed by atoms with E-state index < -0.39 is 29.7 Å². The molecular weight excluding hydrogens is 485 g/mol. The number of halogens is 3. The Morgan fingerprint density at radius 3 is 2.32 bits per heavy atom. The summed E-state index contributed by atoms with van der Waals surface area (Å²) in [5.41, 5.74) is 1.63. The molecule has 9 heteroatoms. The van der Waals surface area contributed by atoms with Gasteiger partial charge in [-0.2, -0.15) is 13.2 Å². The number of carboxylic acids is 1. The Balaban J connectivity index is 2.02. The molecule has 0 radical (unpaired) electrons. The number of hydrogen-bond acceptors (Lipinski definition) is 3. The normalized spacial score (nSPS) is 12.1. The highest BCUT2D eigenvalue weighted by atomic mass is 19.4. The molecule has 1 atom stereocenters. The SMILES string of the molecule is CCN(Cc1cc(C(F)(F)F)ccc1-c1cc(C(C)C(=O)O)ccc1OC)C(=O)NCc1ccccc1. The summed E-state index contributed by atoms with van der Waals surface area (Å²) in [6.07, 6.45) is -4.58. The molecule has 3 aromatic carbocycles. The van der Waals surface area contributed by atoms with Crippen molar-refractivity contribution in [3.05, 3.63) is 89.0 Å². The zero-order valence-corrected chi connectivity index (χ0v) is 20.8. The van der Waals surface area contributed by atoms with Gasteiger partial charge in [-0.05, 0) is 60.4 Å². The van der Waals surface area contributed by atoms with Crippen molar-refractivity contribution in [2.75, 3.05) is 13.7 Å². The number of carbonyl (C=O) groups excluding carboxylic acids is 1. The van der Waals surface area contributed by atoms with Crippen LogP contribution in [-0.4, -0.2) is 35.7 Å². The van der Waals surface area contributed by atoms with E-state index in [1.807, 2.05) is 30.3 Å². The molecule has 0 bridgehead atoms. The quantitative estimate of drug-likeness (QED) is 0.351. The van der Waals surface area contributed by atoms with Crippen molar-refractivity contribution in [3.8, 4) is 16.9 Å². The minimum absolute atomic E-state index is 0.0990. The third kappa shape index (κ3) is 6.81. The Morgan fingerprint density at radius 2 is 1.73 bits per heavy atom. The topological polar surface area (TPSA) is 78.9 Å². The fourth-order valence-electron chi connectivity index (χ4n) is 3.93. The largest absolute Gasteiger partial charge is 0.496 e. The van der Waals surface area contributed by atoms with Crippen LogP contribution in [0.3, 0.4) is 0 Å². The number of methoxy groups -OCH3 is 1. The highest BCUT2D eigenvalue weighted by Crippen LogP contribution is 2.38. The monoisotopic (exact) mass is 514 g/mol. The van der Waals surface area contributed by atoms with E-state index in [4.69, 9.17) is 4.74 Å². The summed E-state index contributed by atoms with van der Waals surface area (Å²) in [6.45, 7) is 3.69. The van der Waals surface area contributed by atoms with E-state index in [9.17, 15) is 27.9 Å². The molecule has 0 heterocycles.